The largest absolute Gasteiger partial charge is 0.468 e. The number of carbonyl (C=O) groups is 2. The third-order valence-electron chi connectivity index (χ3n) is 6.14. The Labute approximate surface area is 194 Å². The number of carbonyl (C=O) groups excluding carboxylic acids is 2. The summed E-state index contributed by atoms with van der Waals surface area (Å²) in [5.74, 6) is 0.0507. The zero-order valence-electron chi connectivity index (χ0n) is 19.3. The van der Waals surface area contributed by atoms with Gasteiger partial charge in [-0.1, -0.05) is 38.1 Å². The van der Waals surface area contributed by atoms with E-state index in [2.05, 4.69) is 53.4 Å². The van der Waals surface area contributed by atoms with Crippen molar-refractivity contribution < 1.29 is 14.3 Å². The molecule has 1 saturated heterocycles. The van der Waals surface area contributed by atoms with Crippen molar-refractivity contribution in [2.24, 2.45) is 0 Å². The molecule has 0 unspecified atom stereocenters. The van der Waals surface area contributed by atoms with E-state index in [4.69, 9.17) is 4.74 Å². The van der Waals surface area contributed by atoms with Gasteiger partial charge < -0.3 is 10.1 Å². The summed E-state index contributed by atoms with van der Waals surface area (Å²) < 4.78 is 6.78. The van der Waals surface area contributed by atoms with Gasteiger partial charge in [-0.25, -0.2) is 4.68 Å². The number of benzene rings is 2. The fourth-order valence-corrected chi connectivity index (χ4v) is 4.26. The lowest BCUT2D eigenvalue weighted by Gasteiger charge is -2.22. The minimum atomic E-state index is -0.382. The van der Waals surface area contributed by atoms with Crippen LogP contribution in [0.1, 0.15) is 47.7 Å². The average Bonchev–Trinajstić information content (AvgIpc) is 3.49. The molecule has 172 valence electrons. The van der Waals surface area contributed by atoms with Gasteiger partial charge in [-0.3, -0.25) is 14.5 Å². The van der Waals surface area contributed by atoms with Crippen molar-refractivity contribution in [1.82, 2.24) is 20.0 Å². The summed E-state index contributed by atoms with van der Waals surface area (Å²) in [6.45, 7) is 5.55. The summed E-state index contributed by atoms with van der Waals surface area (Å²) in [6, 6.07) is 17.1. The van der Waals surface area contributed by atoms with Crippen LogP contribution in [0.15, 0.2) is 67.0 Å². The summed E-state index contributed by atoms with van der Waals surface area (Å²) in [7, 11) is 1.41. The highest BCUT2D eigenvalue weighted by Gasteiger charge is 2.38. The molecule has 1 amide bonds. The molecule has 1 fully saturated rings. The SMILES string of the molecule is COC(=O)[C@@H]1C[C@@H](NC(=O)c2ccc(-n3cccn3)cc2)CN1Cc1ccc(C(C)C)cc1. The number of amides is 1. The van der Waals surface area contributed by atoms with Crippen molar-refractivity contribution in [3.8, 4) is 5.69 Å². The van der Waals surface area contributed by atoms with E-state index in [-0.39, 0.29) is 24.0 Å². The van der Waals surface area contributed by atoms with Gasteiger partial charge in [0.05, 0.1) is 12.8 Å². The van der Waals surface area contributed by atoms with E-state index in [1.807, 2.05) is 24.4 Å². The second-order valence-corrected chi connectivity index (χ2v) is 8.77. The molecule has 1 N–H and O–H groups in total. The molecule has 2 atom stereocenters. The van der Waals surface area contributed by atoms with Crippen molar-refractivity contribution in [2.45, 2.75) is 44.8 Å². The monoisotopic (exact) mass is 446 g/mol. The number of likely N-dealkylation sites (tertiary alicyclic amines) is 1. The van der Waals surface area contributed by atoms with Crippen LogP contribution in [-0.4, -0.2) is 52.3 Å². The van der Waals surface area contributed by atoms with Crippen LogP contribution in [0.4, 0.5) is 0 Å². The Morgan fingerprint density at radius 2 is 1.85 bits per heavy atom. The summed E-state index contributed by atoms with van der Waals surface area (Å²) in [5.41, 5.74) is 3.88. The molecule has 2 heterocycles. The van der Waals surface area contributed by atoms with Crippen LogP contribution in [0.25, 0.3) is 5.69 Å². The highest BCUT2D eigenvalue weighted by Crippen LogP contribution is 2.23. The van der Waals surface area contributed by atoms with Gasteiger partial charge in [-0.05, 0) is 53.8 Å². The van der Waals surface area contributed by atoms with Gasteiger partial charge in [-0.2, -0.15) is 5.10 Å². The van der Waals surface area contributed by atoms with E-state index in [9.17, 15) is 9.59 Å². The highest BCUT2D eigenvalue weighted by molar-refractivity contribution is 5.94. The number of hydrogen-bond acceptors (Lipinski definition) is 5. The van der Waals surface area contributed by atoms with E-state index >= 15 is 0 Å². The van der Waals surface area contributed by atoms with Crippen molar-refractivity contribution in [3.63, 3.8) is 0 Å². The first-order valence-corrected chi connectivity index (χ1v) is 11.3. The van der Waals surface area contributed by atoms with Crippen molar-refractivity contribution in [3.05, 3.63) is 83.7 Å². The third kappa shape index (κ3) is 5.31. The normalized spacial score (nSPS) is 18.4. The lowest BCUT2D eigenvalue weighted by Crippen LogP contribution is -2.37. The first-order chi connectivity index (χ1) is 15.9. The van der Waals surface area contributed by atoms with Crippen molar-refractivity contribution >= 4 is 11.9 Å². The Hall–Kier alpha value is -3.45. The molecule has 0 radical (unpaired) electrons. The van der Waals surface area contributed by atoms with Crippen LogP contribution in [0, 0.1) is 0 Å². The zero-order chi connectivity index (χ0) is 23.4. The van der Waals surface area contributed by atoms with Gasteiger partial charge in [0, 0.05) is 37.1 Å². The van der Waals surface area contributed by atoms with E-state index in [0.717, 1.165) is 11.3 Å². The smallest absolute Gasteiger partial charge is 0.323 e. The number of methoxy groups -OCH3 is 1. The third-order valence-corrected chi connectivity index (χ3v) is 6.14. The number of aromatic nitrogens is 2. The number of ether oxygens (including phenoxy) is 1. The number of hydrogen-bond donors (Lipinski definition) is 1. The molecule has 7 nitrogen and oxygen atoms in total. The van der Waals surface area contributed by atoms with Gasteiger partial charge in [-0.15, -0.1) is 0 Å². The fourth-order valence-electron chi connectivity index (χ4n) is 4.26. The van der Waals surface area contributed by atoms with Crippen LogP contribution in [-0.2, 0) is 16.1 Å². The second kappa shape index (κ2) is 10.0. The summed E-state index contributed by atoms with van der Waals surface area (Å²) in [4.78, 5) is 27.4. The van der Waals surface area contributed by atoms with Crippen LogP contribution in [0.3, 0.4) is 0 Å². The fraction of sp³-hybridized carbons (Fsp3) is 0.346. The number of rotatable bonds is 7. The van der Waals surface area contributed by atoms with Gasteiger partial charge in [0.15, 0.2) is 0 Å². The topological polar surface area (TPSA) is 76.5 Å². The molecule has 7 heteroatoms. The maximum absolute atomic E-state index is 12.8. The average molecular weight is 447 g/mol. The molecule has 0 aliphatic carbocycles. The zero-order valence-corrected chi connectivity index (χ0v) is 19.3. The Kier molecular flexibility index (Phi) is 6.89. The molecule has 1 aliphatic heterocycles. The molecule has 0 saturated carbocycles. The molecule has 33 heavy (non-hydrogen) atoms. The molecule has 2 aromatic carbocycles. The Morgan fingerprint density at radius 3 is 2.45 bits per heavy atom. The first kappa shape index (κ1) is 22.7. The molecular formula is C26H30N4O3. The number of esters is 1. The quantitative estimate of drug-likeness (QED) is 0.562. The molecule has 3 aromatic rings. The summed E-state index contributed by atoms with van der Waals surface area (Å²) >= 11 is 0. The predicted molar refractivity (Wildman–Crippen MR) is 126 cm³/mol. The number of nitrogens with one attached hydrogen (secondary N) is 1. The molecule has 1 aromatic heterocycles. The molecule has 1 aliphatic rings. The second-order valence-electron chi connectivity index (χ2n) is 8.77. The van der Waals surface area contributed by atoms with Crippen LogP contribution in [0.5, 0.6) is 0 Å². The van der Waals surface area contributed by atoms with E-state index in [1.165, 1.54) is 12.7 Å². The predicted octanol–water partition coefficient (Wildman–Crippen LogP) is 3.54. The molecule has 0 bridgehead atoms. The molecule has 0 spiro atoms. The van der Waals surface area contributed by atoms with Crippen LogP contribution >= 0.6 is 0 Å². The van der Waals surface area contributed by atoms with E-state index in [0.29, 0.717) is 31.0 Å². The van der Waals surface area contributed by atoms with Crippen molar-refractivity contribution in [2.75, 3.05) is 13.7 Å². The summed E-state index contributed by atoms with van der Waals surface area (Å²) in [6.07, 6.45) is 4.09. The lowest BCUT2D eigenvalue weighted by atomic mass is 10.0. The Morgan fingerprint density at radius 1 is 1.12 bits per heavy atom. The minimum Gasteiger partial charge on any atom is -0.468 e. The van der Waals surface area contributed by atoms with Crippen LogP contribution in [0.2, 0.25) is 0 Å². The van der Waals surface area contributed by atoms with Crippen molar-refractivity contribution in [1.29, 1.82) is 0 Å². The minimum absolute atomic E-state index is 0.137. The lowest BCUT2D eigenvalue weighted by molar-refractivity contribution is -0.146. The van der Waals surface area contributed by atoms with E-state index in [1.54, 1.807) is 23.0 Å². The van der Waals surface area contributed by atoms with Gasteiger partial charge in [0.1, 0.15) is 6.04 Å². The summed E-state index contributed by atoms with van der Waals surface area (Å²) in [5, 5.41) is 7.29. The van der Waals surface area contributed by atoms with Crippen LogP contribution < -0.4 is 5.32 Å². The maximum Gasteiger partial charge on any atom is 0.323 e. The van der Waals surface area contributed by atoms with E-state index < -0.39 is 0 Å². The van der Waals surface area contributed by atoms with Gasteiger partial charge >= 0.3 is 5.97 Å². The number of nitrogens with zero attached hydrogens (tertiary/aromatic N) is 3. The molecule has 4 rings (SSSR count). The van der Waals surface area contributed by atoms with Gasteiger partial charge in [0.25, 0.3) is 5.91 Å². The molecular weight excluding hydrogens is 416 g/mol. The maximum atomic E-state index is 12.8. The Bertz CT molecular complexity index is 1080. The standard InChI is InChI=1S/C26H30N4O3/c1-18(2)20-7-5-19(6-8-20)16-29-17-22(15-24(29)26(32)33-3)28-25(31)21-9-11-23(12-10-21)30-14-4-13-27-30/h4-14,18,22,24H,15-17H2,1-3H3,(H,28,31)/t22-,24+/m1/s1. The van der Waals surface area contributed by atoms with Gasteiger partial charge in [0.2, 0.25) is 0 Å². The Balaban J connectivity index is 1.41. The first-order valence-electron chi connectivity index (χ1n) is 11.3. The highest BCUT2D eigenvalue weighted by atomic mass is 16.5.